The molecule has 136 valence electrons. The number of nitrogens with one attached hydrogen (secondary N) is 1. The summed E-state index contributed by atoms with van der Waals surface area (Å²) in [5.74, 6) is 1.02. The molecule has 0 saturated heterocycles. The fourth-order valence-corrected chi connectivity index (χ4v) is 3.79. The Hall–Kier alpha value is -3.20. The second kappa shape index (κ2) is 6.84. The molecular weight excluding hydrogens is 334 g/mol. The lowest BCUT2D eigenvalue weighted by Gasteiger charge is -2.20. The first-order valence-electron chi connectivity index (χ1n) is 9.09. The van der Waals surface area contributed by atoms with E-state index in [4.69, 9.17) is 4.74 Å². The topological polar surface area (TPSA) is 45.2 Å². The van der Waals surface area contributed by atoms with Crippen LogP contribution in [0, 0.1) is 13.8 Å². The lowest BCUT2D eigenvalue weighted by Crippen LogP contribution is -2.06. The van der Waals surface area contributed by atoms with E-state index in [1.54, 1.807) is 13.2 Å². The highest BCUT2D eigenvalue weighted by molar-refractivity contribution is 5.85. The van der Waals surface area contributed by atoms with E-state index in [0.29, 0.717) is 5.75 Å². The van der Waals surface area contributed by atoms with Gasteiger partial charge in [0.15, 0.2) is 0 Å². The number of benzene rings is 3. The SMILES string of the molecule is COc1ccc(C(c2ccccc2O)c2[nH]c3cc(C)ccc3c2C)cc1. The fourth-order valence-electron chi connectivity index (χ4n) is 3.79. The minimum Gasteiger partial charge on any atom is -0.508 e. The molecule has 3 heteroatoms. The number of fused-ring (bicyclic) bond motifs is 1. The van der Waals surface area contributed by atoms with Crippen molar-refractivity contribution in [3.05, 3.63) is 94.7 Å². The molecule has 1 unspecified atom stereocenters. The third-order valence-corrected chi connectivity index (χ3v) is 5.24. The second-order valence-electron chi connectivity index (χ2n) is 6.98. The van der Waals surface area contributed by atoms with E-state index >= 15 is 0 Å². The number of hydrogen-bond donors (Lipinski definition) is 2. The maximum Gasteiger partial charge on any atom is 0.119 e. The first kappa shape index (κ1) is 17.2. The summed E-state index contributed by atoms with van der Waals surface area (Å²) < 4.78 is 5.31. The molecular formula is C24H23NO2. The lowest BCUT2D eigenvalue weighted by molar-refractivity contribution is 0.414. The van der Waals surface area contributed by atoms with Gasteiger partial charge in [-0.05, 0) is 54.8 Å². The van der Waals surface area contributed by atoms with Crippen LogP contribution in [0.15, 0.2) is 66.7 Å². The number of phenols is 1. The van der Waals surface area contributed by atoms with Gasteiger partial charge in [0.2, 0.25) is 0 Å². The lowest BCUT2D eigenvalue weighted by atomic mass is 9.86. The van der Waals surface area contributed by atoms with Gasteiger partial charge in [-0.1, -0.05) is 42.5 Å². The molecule has 1 heterocycles. The molecule has 0 saturated carbocycles. The van der Waals surface area contributed by atoms with Crippen LogP contribution in [-0.4, -0.2) is 17.2 Å². The molecule has 0 bridgehead atoms. The van der Waals surface area contributed by atoms with Crippen molar-refractivity contribution in [1.82, 2.24) is 4.98 Å². The number of H-pyrrole nitrogens is 1. The number of phenolic OH excluding ortho intramolecular Hbond substituents is 1. The Morgan fingerprint density at radius 3 is 2.37 bits per heavy atom. The number of aromatic amines is 1. The first-order chi connectivity index (χ1) is 13.1. The predicted octanol–water partition coefficient (Wildman–Crippen LogP) is 5.68. The number of rotatable bonds is 4. The summed E-state index contributed by atoms with van der Waals surface area (Å²) in [6.07, 6.45) is 0. The summed E-state index contributed by atoms with van der Waals surface area (Å²) in [7, 11) is 1.67. The van der Waals surface area contributed by atoms with Crippen LogP contribution in [0.25, 0.3) is 10.9 Å². The minimum atomic E-state index is -0.0928. The highest BCUT2D eigenvalue weighted by Crippen LogP contribution is 2.40. The molecule has 0 spiro atoms. The molecule has 4 aromatic rings. The van der Waals surface area contributed by atoms with Crippen molar-refractivity contribution >= 4 is 10.9 Å². The van der Waals surface area contributed by atoms with Crippen molar-refractivity contribution in [2.75, 3.05) is 7.11 Å². The summed E-state index contributed by atoms with van der Waals surface area (Å²) in [6, 6.07) is 22.1. The van der Waals surface area contributed by atoms with E-state index < -0.39 is 0 Å². The fraction of sp³-hybridized carbons (Fsp3) is 0.167. The number of aryl methyl sites for hydroxylation is 2. The van der Waals surface area contributed by atoms with Gasteiger partial charge in [-0.2, -0.15) is 0 Å². The number of para-hydroxylation sites is 1. The molecule has 27 heavy (non-hydrogen) atoms. The van der Waals surface area contributed by atoms with E-state index in [1.165, 1.54) is 16.5 Å². The van der Waals surface area contributed by atoms with E-state index in [-0.39, 0.29) is 5.92 Å². The maximum absolute atomic E-state index is 10.6. The van der Waals surface area contributed by atoms with Crippen molar-refractivity contribution < 1.29 is 9.84 Å². The number of hydrogen-bond acceptors (Lipinski definition) is 2. The van der Waals surface area contributed by atoms with Crippen LogP contribution in [0.5, 0.6) is 11.5 Å². The molecule has 4 rings (SSSR count). The standard InChI is InChI=1S/C24H23NO2/c1-15-8-13-19-16(2)24(25-21(19)14-15)23(20-6-4-5-7-22(20)26)17-9-11-18(27-3)12-10-17/h4-14,23,25-26H,1-3H3. The quantitative estimate of drug-likeness (QED) is 0.493. The van der Waals surface area contributed by atoms with Crippen molar-refractivity contribution in [1.29, 1.82) is 0 Å². The average molecular weight is 357 g/mol. The minimum absolute atomic E-state index is 0.0928. The Kier molecular flexibility index (Phi) is 4.36. The van der Waals surface area contributed by atoms with Crippen LogP contribution < -0.4 is 4.74 Å². The van der Waals surface area contributed by atoms with Gasteiger partial charge in [-0.15, -0.1) is 0 Å². The van der Waals surface area contributed by atoms with Crippen molar-refractivity contribution in [3.8, 4) is 11.5 Å². The van der Waals surface area contributed by atoms with Gasteiger partial charge in [0, 0.05) is 22.2 Å². The molecule has 1 atom stereocenters. The number of aromatic hydroxyl groups is 1. The monoisotopic (exact) mass is 357 g/mol. The Bertz CT molecular complexity index is 1090. The Morgan fingerprint density at radius 2 is 1.67 bits per heavy atom. The summed E-state index contributed by atoms with van der Waals surface area (Å²) in [4.78, 5) is 3.62. The summed E-state index contributed by atoms with van der Waals surface area (Å²) >= 11 is 0. The Morgan fingerprint density at radius 1 is 0.926 bits per heavy atom. The van der Waals surface area contributed by atoms with E-state index in [1.807, 2.05) is 30.3 Å². The van der Waals surface area contributed by atoms with E-state index in [9.17, 15) is 5.11 Å². The summed E-state index contributed by atoms with van der Waals surface area (Å²) in [5.41, 5.74) is 6.63. The zero-order valence-electron chi connectivity index (χ0n) is 15.8. The van der Waals surface area contributed by atoms with Gasteiger partial charge >= 0.3 is 0 Å². The predicted molar refractivity (Wildman–Crippen MR) is 110 cm³/mol. The van der Waals surface area contributed by atoms with Crippen LogP contribution >= 0.6 is 0 Å². The van der Waals surface area contributed by atoms with Crippen LogP contribution in [0.1, 0.15) is 33.9 Å². The van der Waals surface area contributed by atoms with E-state index in [0.717, 1.165) is 28.1 Å². The molecule has 3 aromatic carbocycles. The van der Waals surface area contributed by atoms with Crippen LogP contribution in [-0.2, 0) is 0 Å². The molecule has 0 aliphatic heterocycles. The third kappa shape index (κ3) is 3.06. The van der Waals surface area contributed by atoms with Gasteiger partial charge in [0.25, 0.3) is 0 Å². The highest BCUT2D eigenvalue weighted by Gasteiger charge is 2.24. The Balaban J connectivity index is 1.95. The molecule has 3 nitrogen and oxygen atoms in total. The largest absolute Gasteiger partial charge is 0.508 e. The molecule has 1 aromatic heterocycles. The molecule has 0 radical (unpaired) electrons. The normalized spacial score (nSPS) is 12.3. The molecule has 0 fully saturated rings. The summed E-state index contributed by atoms with van der Waals surface area (Å²) in [6.45, 7) is 4.24. The highest BCUT2D eigenvalue weighted by atomic mass is 16.5. The van der Waals surface area contributed by atoms with Gasteiger partial charge < -0.3 is 14.8 Å². The van der Waals surface area contributed by atoms with Gasteiger partial charge in [-0.3, -0.25) is 0 Å². The number of methoxy groups -OCH3 is 1. The van der Waals surface area contributed by atoms with Gasteiger partial charge in [-0.25, -0.2) is 0 Å². The van der Waals surface area contributed by atoms with Crippen LogP contribution in [0.2, 0.25) is 0 Å². The molecule has 0 amide bonds. The van der Waals surface area contributed by atoms with Crippen molar-refractivity contribution in [2.24, 2.45) is 0 Å². The third-order valence-electron chi connectivity index (χ3n) is 5.24. The second-order valence-corrected chi connectivity index (χ2v) is 6.98. The van der Waals surface area contributed by atoms with Gasteiger partial charge in [0.05, 0.1) is 13.0 Å². The van der Waals surface area contributed by atoms with E-state index in [2.05, 4.69) is 49.2 Å². The smallest absolute Gasteiger partial charge is 0.119 e. The Labute approximate surface area is 159 Å². The molecule has 0 aliphatic carbocycles. The van der Waals surface area contributed by atoms with Crippen molar-refractivity contribution in [2.45, 2.75) is 19.8 Å². The summed E-state index contributed by atoms with van der Waals surface area (Å²) in [5, 5.41) is 11.8. The average Bonchev–Trinajstić information content (AvgIpc) is 2.99. The van der Waals surface area contributed by atoms with Gasteiger partial charge in [0.1, 0.15) is 11.5 Å². The zero-order chi connectivity index (χ0) is 19.0. The first-order valence-corrected chi connectivity index (χ1v) is 9.09. The molecule has 2 N–H and O–H groups in total. The number of ether oxygens (including phenoxy) is 1. The van der Waals surface area contributed by atoms with Crippen LogP contribution in [0.4, 0.5) is 0 Å². The number of aromatic nitrogens is 1. The van der Waals surface area contributed by atoms with Crippen molar-refractivity contribution in [3.63, 3.8) is 0 Å². The zero-order valence-corrected chi connectivity index (χ0v) is 15.8. The maximum atomic E-state index is 10.6. The molecule has 0 aliphatic rings. The van der Waals surface area contributed by atoms with Crippen LogP contribution in [0.3, 0.4) is 0 Å².